The summed E-state index contributed by atoms with van der Waals surface area (Å²) in [5.41, 5.74) is 8.11. The van der Waals surface area contributed by atoms with E-state index < -0.39 is 5.60 Å². The molecule has 23 heavy (non-hydrogen) atoms. The Labute approximate surface area is 137 Å². The summed E-state index contributed by atoms with van der Waals surface area (Å²) in [7, 11) is 0. The first kappa shape index (κ1) is 17.2. The van der Waals surface area contributed by atoms with Crippen molar-refractivity contribution in [2.45, 2.75) is 32.8 Å². The smallest absolute Gasteiger partial charge is 0.308 e. The fourth-order valence-electron chi connectivity index (χ4n) is 2.49. The van der Waals surface area contributed by atoms with E-state index in [0.717, 1.165) is 16.5 Å². The van der Waals surface area contributed by atoms with Crippen LogP contribution in [-0.2, 0) is 9.53 Å². The van der Waals surface area contributed by atoms with Gasteiger partial charge in [-0.2, -0.15) is 0 Å². The van der Waals surface area contributed by atoms with Gasteiger partial charge in [-0.25, -0.2) is 0 Å². The van der Waals surface area contributed by atoms with Crippen LogP contribution in [0.1, 0.15) is 27.2 Å². The fourth-order valence-corrected chi connectivity index (χ4v) is 2.49. The van der Waals surface area contributed by atoms with E-state index in [9.17, 15) is 4.79 Å². The molecule has 0 aliphatic carbocycles. The molecular weight excluding hydrogens is 290 g/mol. The van der Waals surface area contributed by atoms with Gasteiger partial charge in [-0.3, -0.25) is 9.78 Å². The zero-order chi connectivity index (χ0) is 16.9. The molecular formula is C18H24N3O2-. The van der Waals surface area contributed by atoms with Crippen molar-refractivity contribution in [3.8, 4) is 0 Å². The number of hydrogen-bond acceptors (Lipinski definition) is 4. The molecule has 0 aliphatic heterocycles. The summed E-state index contributed by atoms with van der Waals surface area (Å²) >= 11 is 0. The summed E-state index contributed by atoms with van der Waals surface area (Å²) in [5.74, 6) is -0.214. The molecule has 5 heteroatoms. The van der Waals surface area contributed by atoms with Gasteiger partial charge in [0.2, 0.25) is 0 Å². The third-order valence-corrected chi connectivity index (χ3v) is 3.39. The van der Waals surface area contributed by atoms with Gasteiger partial charge in [0.15, 0.2) is 0 Å². The zero-order valence-corrected chi connectivity index (χ0v) is 14.0. The lowest BCUT2D eigenvalue weighted by Gasteiger charge is -2.28. The molecule has 0 atom stereocenters. The molecule has 0 saturated carbocycles. The molecule has 2 rings (SSSR count). The molecule has 0 bridgehead atoms. The van der Waals surface area contributed by atoms with E-state index >= 15 is 0 Å². The van der Waals surface area contributed by atoms with Crippen LogP contribution in [-0.4, -0.2) is 36.2 Å². The van der Waals surface area contributed by atoms with Gasteiger partial charge in [0.1, 0.15) is 5.60 Å². The van der Waals surface area contributed by atoms with Crippen LogP contribution in [0.25, 0.3) is 16.5 Å². The van der Waals surface area contributed by atoms with Crippen molar-refractivity contribution in [1.29, 1.82) is 0 Å². The average molecular weight is 314 g/mol. The van der Waals surface area contributed by atoms with Gasteiger partial charge in [0.05, 0.1) is 6.42 Å². The molecule has 0 unspecified atom stereocenters. The van der Waals surface area contributed by atoms with E-state index in [2.05, 4.69) is 9.88 Å². The predicted molar refractivity (Wildman–Crippen MR) is 93.6 cm³/mol. The highest BCUT2D eigenvalue weighted by Crippen LogP contribution is 2.26. The van der Waals surface area contributed by atoms with Crippen LogP contribution in [0, 0.1) is 0 Å². The number of hydrogen-bond donors (Lipinski definition) is 0. The number of nitrogens with one attached hydrogen (secondary N) is 1. The number of benzene rings is 1. The highest BCUT2D eigenvalue weighted by Gasteiger charge is 2.17. The lowest BCUT2D eigenvalue weighted by Crippen LogP contribution is -2.31. The van der Waals surface area contributed by atoms with E-state index in [-0.39, 0.29) is 12.5 Å². The molecule has 0 saturated heterocycles. The van der Waals surface area contributed by atoms with Crippen LogP contribution in [0.5, 0.6) is 0 Å². The highest BCUT2D eigenvalue weighted by molar-refractivity contribution is 5.93. The van der Waals surface area contributed by atoms with E-state index in [0.29, 0.717) is 19.5 Å². The maximum atomic E-state index is 12.0. The molecule has 1 heterocycles. The van der Waals surface area contributed by atoms with Crippen molar-refractivity contribution in [3.63, 3.8) is 0 Å². The number of aromatic nitrogens is 1. The average Bonchev–Trinajstić information content (AvgIpc) is 2.49. The second-order valence-corrected chi connectivity index (χ2v) is 6.45. The first-order valence-corrected chi connectivity index (χ1v) is 7.85. The first-order valence-electron chi connectivity index (χ1n) is 7.85. The van der Waals surface area contributed by atoms with E-state index in [1.54, 1.807) is 6.20 Å². The first-order chi connectivity index (χ1) is 10.9. The Morgan fingerprint density at radius 1 is 1.26 bits per heavy atom. The normalized spacial score (nSPS) is 11.5. The Balaban J connectivity index is 2.16. The third kappa shape index (κ3) is 4.93. The van der Waals surface area contributed by atoms with Crippen molar-refractivity contribution in [3.05, 3.63) is 42.4 Å². The second kappa shape index (κ2) is 7.42. The number of anilines is 1. The van der Waals surface area contributed by atoms with E-state index in [4.69, 9.17) is 10.5 Å². The number of esters is 1. The molecule has 0 radical (unpaired) electrons. The van der Waals surface area contributed by atoms with Gasteiger partial charge < -0.3 is 15.4 Å². The van der Waals surface area contributed by atoms with Crippen molar-refractivity contribution in [2.24, 2.45) is 0 Å². The number of pyridine rings is 1. The lowest BCUT2D eigenvalue weighted by molar-refractivity contribution is -0.154. The summed E-state index contributed by atoms with van der Waals surface area (Å²) < 4.78 is 5.37. The maximum absolute atomic E-state index is 12.0. The third-order valence-electron chi connectivity index (χ3n) is 3.39. The van der Waals surface area contributed by atoms with E-state index in [1.165, 1.54) is 0 Å². The van der Waals surface area contributed by atoms with Gasteiger partial charge in [0.25, 0.3) is 0 Å². The minimum atomic E-state index is -0.470. The quantitative estimate of drug-likeness (QED) is 0.760. The molecule has 124 valence electrons. The van der Waals surface area contributed by atoms with Gasteiger partial charge in [0, 0.05) is 35.4 Å². The van der Waals surface area contributed by atoms with Crippen LogP contribution in [0.3, 0.4) is 0 Å². The molecule has 2 aromatic rings. The summed E-state index contributed by atoms with van der Waals surface area (Å²) in [5, 5.41) is 2.14. The topological polar surface area (TPSA) is 66.2 Å². The molecule has 1 aromatic heterocycles. The fraction of sp³-hybridized carbons (Fsp3) is 0.444. The minimum absolute atomic E-state index is 0.214. The van der Waals surface area contributed by atoms with Crippen molar-refractivity contribution >= 4 is 22.4 Å². The Morgan fingerprint density at radius 3 is 2.74 bits per heavy atom. The van der Waals surface area contributed by atoms with Gasteiger partial charge in [-0.1, -0.05) is 12.1 Å². The largest absolute Gasteiger partial charge is 0.676 e. The second-order valence-electron chi connectivity index (χ2n) is 6.45. The minimum Gasteiger partial charge on any atom is -0.676 e. The summed E-state index contributed by atoms with van der Waals surface area (Å²) in [4.78, 5) is 18.2. The van der Waals surface area contributed by atoms with Crippen LogP contribution < -0.4 is 4.90 Å². The lowest BCUT2D eigenvalue weighted by atomic mass is 10.1. The number of carbonyl (C=O) groups is 1. The van der Waals surface area contributed by atoms with Crippen LogP contribution >= 0.6 is 0 Å². The Kier molecular flexibility index (Phi) is 5.55. The van der Waals surface area contributed by atoms with Crippen molar-refractivity contribution in [2.75, 3.05) is 24.5 Å². The van der Waals surface area contributed by atoms with Crippen molar-refractivity contribution < 1.29 is 9.53 Å². The number of rotatable bonds is 6. The van der Waals surface area contributed by atoms with Crippen LogP contribution in [0.15, 0.2) is 36.7 Å². The molecule has 0 aliphatic rings. The van der Waals surface area contributed by atoms with Crippen LogP contribution in [0.4, 0.5) is 5.69 Å². The van der Waals surface area contributed by atoms with Crippen molar-refractivity contribution in [1.82, 2.24) is 4.98 Å². The standard InChI is InChI=1S/C18H24N3O2/c1-18(2,3)23-17(22)8-11-21(12-9-19)16-6-4-5-14-13-20-10-7-15(14)16/h4-7,10,13,19H,8-9,11-12H2,1-3H3/q-1. The Bertz CT molecular complexity index is 659. The van der Waals surface area contributed by atoms with E-state index in [1.807, 2.05) is 51.2 Å². The van der Waals surface area contributed by atoms with Gasteiger partial charge >= 0.3 is 5.97 Å². The number of fused-ring (bicyclic) bond motifs is 1. The zero-order valence-electron chi connectivity index (χ0n) is 14.0. The Morgan fingerprint density at radius 2 is 2.04 bits per heavy atom. The molecule has 0 fully saturated rings. The monoisotopic (exact) mass is 314 g/mol. The SMILES string of the molecule is CC(C)(C)OC(=O)CCN(CC[NH-])c1cccc2cnccc12. The molecule has 5 nitrogen and oxygen atoms in total. The van der Waals surface area contributed by atoms with Gasteiger partial charge in [-0.05, 0) is 39.4 Å². The Hall–Kier alpha value is -2.14. The molecule has 1 N–H and O–H groups in total. The summed E-state index contributed by atoms with van der Waals surface area (Å²) in [6.07, 6.45) is 3.89. The molecule has 0 amide bonds. The predicted octanol–water partition coefficient (Wildman–Crippen LogP) is 3.83. The highest BCUT2D eigenvalue weighted by atomic mass is 16.6. The number of nitrogens with zero attached hydrogens (tertiary/aromatic N) is 2. The van der Waals surface area contributed by atoms with Gasteiger partial charge in [-0.15, -0.1) is 6.54 Å². The summed E-state index contributed by atoms with van der Waals surface area (Å²) in [6, 6.07) is 7.98. The number of ether oxygens (including phenoxy) is 1. The molecule has 1 aromatic carbocycles. The number of carbonyl (C=O) groups excluding carboxylic acids is 1. The molecule has 0 spiro atoms. The summed E-state index contributed by atoms with van der Waals surface area (Å²) in [6.45, 7) is 6.98. The van der Waals surface area contributed by atoms with Crippen LogP contribution in [0.2, 0.25) is 0 Å². The maximum Gasteiger partial charge on any atom is 0.308 e.